The van der Waals surface area contributed by atoms with Crippen LogP contribution in [0.2, 0.25) is 0 Å². The highest BCUT2D eigenvalue weighted by Gasteiger charge is 2.22. The van der Waals surface area contributed by atoms with Crippen LogP contribution in [0.3, 0.4) is 0 Å². The summed E-state index contributed by atoms with van der Waals surface area (Å²) in [6, 6.07) is -2.31. The molecule has 0 saturated heterocycles. The second-order valence-corrected chi connectivity index (χ2v) is 7.74. The van der Waals surface area contributed by atoms with Crippen LogP contribution in [0, 0.1) is 5.92 Å². The molecule has 0 aliphatic rings. The van der Waals surface area contributed by atoms with E-state index in [-0.39, 0.29) is 0 Å². The Morgan fingerprint density at radius 3 is 1.62 bits per heavy atom. The third-order valence-corrected chi connectivity index (χ3v) is 4.36. The standard InChI is InChI=1S/C14H28N2O4.C6H13NO2/c1-11(13(17)18)16-12(14(19)20)9-7-5-3-2-4-6-8-10-15;1-4(2)3-5(7)6(8)9/h11-12,16H,2-10,15H2,1H3,(H,17,18)(H,19,20);4-5H,3,7H2,1-2H3,(H,8,9)/t11-,12?;5-/m10/s1. The van der Waals surface area contributed by atoms with Crippen LogP contribution in [0.15, 0.2) is 0 Å². The molecule has 0 fully saturated rings. The summed E-state index contributed by atoms with van der Waals surface area (Å²) >= 11 is 0. The van der Waals surface area contributed by atoms with E-state index < -0.39 is 36.0 Å². The second-order valence-electron chi connectivity index (χ2n) is 7.74. The molecule has 0 aromatic carbocycles. The lowest BCUT2D eigenvalue weighted by Crippen LogP contribution is -2.45. The molecule has 172 valence electrons. The van der Waals surface area contributed by atoms with Gasteiger partial charge >= 0.3 is 17.9 Å². The first kappa shape index (κ1) is 29.5. The number of carboxylic acids is 3. The van der Waals surface area contributed by atoms with Gasteiger partial charge in [0, 0.05) is 0 Å². The molecular weight excluding hydrogens is 378 g/mol. The van der Waals surface area contributed by atoms with E-state index in [9.17, 15) is 14.4 Å². The van der Waals surface area contributed by atoms with Gasteiger partial charge in [-0.3, -0.25) is 19.7 Å². The van der Waals surface area contributed by atoms with Gasteiger partial charge in [0.15, 0.2) is 0 Å². The molecule has 0 aromatic heterocycles. The number of carbonyl (C=O) groups is 3. The molecule has 9 heteroatoms. The fourth-order valence-electron chi connectivity index (χ4n) is 2.64. The summed E-state index contributed by atoms with van der Waals surface area (Å²) in [5.74, 6) is -2.57. The summed E-state index contributed by atoms with van der Waals surface area (Å²) in [5.41, 5.74) is 10.6. The minimum atomic E-state index is -1.03. The minimum absolute atomic E-state index is 0.357. The maximum absolute atomic E-state index is 11.0. The van der Waals surface area contributed by atoms with Crippen LogP contribution in [-0.4, -0.2) is 57.9 Å². The van der Waals surface area contributed by atoms with Crippen molar-refractivity contribution in [1.82, 2.24) is 5.32 Å². The average Bonchev–Trinajstić information content (AvgIpc) is 2.62. The molecule has 8 N–H and O–H groups in total. The molecule has 0 bridgehead atoms. The Kier molecular flexibility index (Phi) is 18.6. The fourth-order valence-corrected chi connectivity index (χ4v) is 2.64. The molecule has 0 radical (unpaired) electrons. The van der Waals surface area contributed by atoms with E-state index in [1.165, 1.54) is 13.3 Å². The first-order valence-electron chi connectivity index (χ1n) is 10.4. The molecule has 0 amide bonds. The smallest absolute Gasteiger partial charge is 0.320 e. The molecular formula is C20H41N3O6. The summed E-state index contributed by atoms with van der Waals surface area (Å²) in [4.78, 5) is 31.8. The van der Waals surface area contributed by atoms with Crippen molar-refractivity contribution < 1.29 is 29.7 Å². The number of carboxylic acid groups (broad SMARTS) is 3. The number of nitrogens with one attached hydrogen (secondary N) is 1. The Morgan fingerprint density at radius 2 is 1.28 bits per heavy atom. The van der Waals surface area contributed by atoms with Crippen molar-refractivity contribution in [2.75, 3.05) is 6.54 Å². The van der Waals surface area contributed by atoms with E-state index in [4.69, 9.17) is 26.8 Å². The molecule has 9 nitrogen and oxygen atoms in total. The van der Waals surface area contributed by atoms with Crippen LogP contribution in [0.1, 0.15) is 78.6 Å². The number of rotatable bonds is 16. The van der Waals surface area contributed by atoms with Gasteiger partial charge in [-0.05, 0) is 38.6 Å². The highest BCUT2D eigenvalue weighted by molar-refractivity contribution is 5.77. The number of hydrogen-bond acceptors (Lipinski definition) is 6. The topological polar surface area (TPSA) is 176 Å². The zero-order valence-electron chi connectivity index (χ0n) is 18.1. The number of nitrogens with two attached hydrogens (primary N) is 2. The Balaban J connectivity index is 0. The van der Waals surface area contributed by atoms with Gasteiger partial charge in [0.25, 0.3) is 0 Å². The van der Waals surface area contributed by atoms with Gasteiger partial charge in [0.05, 0.1) is 0 Å². The Morgan fingerprint density at radius 1 is 0.793 bits per heavy atom. The quantitative estimate of drug-likeness (QED) is 0.204. The Hall–Kier alpha value is -1.71. The zero-order chi connectivity index (χ0) is 22.8. The van der Waals surface area contributed by atoms with E-state index in [2.05, 4.69) is 5.32 Å². The van der Waals surface area contributed by atoms with Crippen molar-refractivity contribution in [2.24, 2.45) is 17.4 Å². The largest absolute Gasteiger partial charge is 0.480 e. The molecule has 0 aliphatic heterocycles. The first-order valence-corrected chi connectivity index (χ1v) is 10.4. The highest BCUT2D eigenvalue weighted by atomic mass is 16.4. The Labute approximate surface area is 174 Å². The minimum Gasteiger partial charge on any atom is -0.480 e. The van der Waals surface area contributed by atoms with Gasteiger partial charge < -0.3 is 26.8 Å². The summed E-state index contributed by atoms with van der Waals surface area (Å²) in [6.07, 6.45) is 8.44. The number of aliphatic carboxylic acids is 3. The average molecular weight is 420 g/mol. The van der Waals surface area contributed by atoms with Crippen molar-refractivity contribution in [3.8, 4) is 0 Å². The molecule has 0 saturated carbocycles. The fraction of sp³-hybridized carbons (Fsp3) is 0.850. The van der Waals surface area contributed by atoms with Gasteiger partial charge in [-0.1, -0.05) is 52.4 Å². The Bertz CT molecular complexity index is 459. The van der Waals surface area contributed by atoms with Crippen molar-refractivity contribution in [2.45, 2.75) is 96.7 Å². The van der Waals surface area contributed by atoms with Gasteiger partial charge in [-0.25, -0.2) is 0 Å². The van der Waals surface area contributed by atoms with Crippen LogP contribution in [0.25, 0.3) is 0 Å². The van der Waals surface area contributed by atoms with Crippen LogP contribution in [0.5, 0.6) is 0 Å². The van der Waals surface area contributed by atoms with Gasteiger partial charge in [-0.15, -0.1) is 0 Å². The third-order valence-electron chi connectivity index (χ3n) is 4.36. The van der Waals surface area contributed by atoms with E-state index in [0.717, 1.165) is 45.1 Å². The number of unbranched alkanes of at least 4 members (excludes halogenated alkanes) is 6. The normalized spacial score (nSPS) is 13.9. The van der Waals surface area contributed by atoms with Crippen LogP contribution < -0.4 is 16.8 Å². The molecule has 1 unspecified atom stereocenters. The lowest BCUT2D eigenvalue weighted by Gasteiger charge is -2.17. The summed E-state index contributed by atoms with van der Waals surface area (Å²) in [7, 11) is 0. The molecule has 0 spiro atoms. The third kappa shape index (κ3) is 19.4. The van der Waals surface area contributed by atoms with Crippen LogP contribution in [-0.2, 0) is 14.4 Å². The lowest BCUT2D eigenvalue weighted by atomic mass is 10.0. The zero-order valence-corrected chi connectivity index (χ0v) is 18.1. The van der Waals surface area contributed by atoms with E-state index in [1.807, 2.05) is 13.8 Å². The molecule has 0 heterocycles. The predicted octanol–water partition coefficient (Wildman–Crippen LogP) is 2.03. The van der Waals surface area contributed by atoms with Crippen LogP contribution in [0.4, 0.5) is 0 Å². The van der Waals surface area contributed by atoms with Crippen molar-refractivity contribution in [1.29, 1.82) is 0 Å². The molecule has 0 aromatic rings. The maximum Gasteiger partial charge on any atom is 0.320 e. The number of hydrogen-bond donors (Lipinski definition) is 6. The second kappa shape index (κ2) is 18.3. The van der Waals surface area contributed by atoms with E-state index in [1.54, 1.807) is 0 Å². The van der Waals surface area contributed by atoms with Crippen molar-refractivity contribution in [3.63, 3.8) is 0 Å². The summed E-state index contributed by atoms with van der Waals surface area (Å²) in [5, 5.41) is 28.7. The molecule has 3 atom stereocenters. The SMILES string of the molecule is CC(C)C[C@H](N)C(=O)O.C[C@@H](NC(CCCCCCCCCN)C(=O)O)C(=O)O. The highest BCUT2D eigenvalue weighted by Crippen LogP contribution is 2.10. The van der Waals surface area contributed by atoms with E-state index in [0.29, 0.717) is 18.8 Å². The van der Waals surface area contributed by atoms with Gasteiger partial charge in [-0.2, -0.15) is 0 Å². The molecule has 29 heavy (non-hydrogen) atoms. The van der Waals surface area contributed by atoms with E-state index >= 15 is 0 Å². The van der Waals surface area contributed by atoms with Gasteiger partial charge in [0.2, 0.25) is 0 Å². The maximum atomic E-state index is 11.0. The van der Waals surface area contributed by atoms with Crippen LogP contribution >= 0.6 is 0 Å². The molecule has 0 rings (SSSR count). The van der Waals surface area contributed by atoms with Crippen molar-refractivity contribution in [3.05, 3.63) is 0 Å². The monoisotopic (exact) mass is 419 g/mol. The van der Waals surface area contributed by atoms with Gasteiger partial charge in [0.1, 0.15) is 18.1 Å². The first-order chi connectivity index (χ1) is 13.5. The predicted molar refractivity (Wildman–Crippen MR) is 113 cm³/mol. The molecule has 0 aliphatic carbocycles. The lowest BCUT2D eigenvalue weighted by molar-refractivity contribution is -0.142. The summed E-state index contributed by atoms with van der Waals surface area (Å²) in [6.45, 7) is 6.09. The summed E-state index contributed by atoms with van der Waals surface area (Å²) < 4.78 is 0. The van der Waals surface area contributed by atoms with Crippen molar-refractivity contribution >= 4 is 17.9 Å².